The van der Waals surface area contributed by atoms with E-state index in [-0.39, 0.29) is 11.4 Å². The van der Waals surface area contributed by atoms with Gasteiger partial charge in [-0.3, -0.25) is 0 Å². The molecule has 0 aliphatic heterocycles. The normalized spacial score (nSPS) is 14.7. The lowest BCUT2D eigenvalue weighted by Gasteiger charge is -2.17. The molecule has 84 valence electrons. The number of hydrogen-bond acceptors (Lipinski definition) is 5. The number of ether oxygens (including phenoxy) is 1. The van der Waals surface area contributed by atoms with Crippen molar-refractivity contribution in [3.05, 3.63) is 23.6 Å². The van der Waals surface area contributed by atoms with Gasteiger partial charge in [-0.2, -0.15) is 0 Å². The molecule has 3 N–H and O–H groups in total. The van der Waals surface area contributed by atoms with E-state index in [0.29, 0.717) is 0 Å². The highest BCUT2D eigenvalue weighted by atomic mass is 19.1. The Hall–Kier alpha value is -1.24. The van der Waals surface area contributed by atoms with Gasteiger partial charge in [-0.25, -0.2) is 9.37 Å². The van der Waals surface area contributed by atoms with E-state index in [0.717, 1.165) is 12.3 Å². The molecule has 15 heavy (non-hydrogen) atoms. The van der Waals surface area contributed by atoms with Gasteiger partial charge < -0.3 is 20.1 Å². The number of hydrogen-bond donors (Lipinski definition) is 3. The lowest BCUT2D eigenvalue weighted by Crippen LogP contribution is -2.22. The number of aromatic nitrogens is 1. The number of rotatable bonds is 4. The van der Waals surface area contributed by atoms with Crippen molar-refractivity contribution in [2.24, 2.45) is 0 Å². The average molecular weight is 217 g/mol. The van der Waals surface area contributed by atoms with Gasteiger partial charge in [0.1, 0.15) is 18.0 Å². The van der Waals surface area contributed by atoms with Gasteiger partial charge in [0, 0.05) is 5.56 Å². The Bertz CT molecular complexity index is 334. The molecule has 2 unspecified atom stereocenters. The van der Waals surface area contributed by atoms with Crippen molar-refractivity contribution in [1.82, 2.24) is 4.98 Å². The zero-order valence-corrected chi connectivity index (χ0v) is 8.09. The molecular formula is C9H12FNO4. The van der Waals surface area contributed by atoms with Gasteiger partial charge in [-0.15, -0.1) is 0 Å². The molecule has 1 aromatic rings. The Morgan fingerprint density at radius 2 is 2.20 bits per heavy atom. The zero-order chi connectivity index (χ0) is 11.4. The van der Waals surface area contributed by atoms with E-state index in [9.17, 15) is 14.6 Å². The number of aliphatic hydroxyl groups is 3. The zero-order valence-electron chi connectivity index (χ0n) is 8.09. The molecule has 0 aliphatic rings. The molecule has 0 radical (unpaired) electrons. The molecule has 1 rings (SSSR count). The molecule has 0 bridgehead atoms. The van der Waals surface area contributed by atoms with Crippen LogP contribution in [0.1, 0.15) is 11.7 Å². The second-order valence-electron chi connectivity index (χ2n) is 2.95. The van der Waals surface area contributed by atoms with E-state index < -0.39 is 24.6 Å². The van der Waals surface area contributed by atoms with Crippen molar-refractivity contribution in [3.8, 4) is 5.88 Å². The number of aliphatic hydroxyl groups excluding tert-OH is 3. The van der Waals surface area contributed by atoms with E-state index in [1.54, 1.807) is 0 Å². The Labute approximate surface area is 85.8 Å². The number of pyridine rings is 1. The summed E-state index contributed by atoms with van der Waals surface area (Å²) < 4.78 is 17.6. The second kappa shape index (κ2) is 5.01. The summed E-state index contributed by atoms with van der Waals surface area (Å²) in [6.07, 6.45) is -1.91. The standard InChI is InChI=1S/C9H12FNO4/c1-15-9-6(2-5(10)3-11-9)8(14)7(13)4-12/h2-3,7-8,12-14H,4H2,1H3. The maximum atomic E-state index is 12.8. The predicted molar refractivity (Wildman–Crippen MR) is 48.8 cm³/mol. The molecule has 6 heteroatoms. The van der Waals surface area contributed by atoms with Crippen LogP contribution in [0.4, 0.5) is 4.39 Å². The third kappa shape index (κ3) is 2.62. The van der Waals surface area contributed by atoms with Crippen molar-refractivity contribution in [1.29, 1.82) is 0 Å². The van der Waals surface area contributed by atoms with Gasteiger partial charge in [-0.1, -0.05) is 0 Å². The van der Waals surface area contributed by atoms with Crippen LogP contribution in [0.2, 0.25) is 0 Å². The minimum atomic E-state index is -1.44. The number of halogens is 1. The van der Waals surface area contributed by atoms with Crippen LogP contribution in [-0.2, 0) is 0 Å². The first kappa shape index (κ1) is 11.8. The topological polar surface area (TPSA) is 82.8 Å². The molecule has 1 heterocycles. The van der Waals surface area contributed by atoms with Crippen molar-refractivity contribution < 1.29 is 24.4 Å². The van der Waals surface area contributed by atoms with E-state index in [1.807, 2.05) is 0 Å². The van der Waals surface area contributed by atoms with Crippen LogP contribution in [-0.4, -0.2) is 40.1 Å². The molecule has 0 aliphatic carbocycles. The predicted octanol–water partition coefficient (Wildman–Crippen LogP) is -0.384. The summed E-state index contributed by atoms with van der Waals surface area (Å²) in [6.45, 7) is -0.638. The van der Waals surface area contributed by atoms with Crippen LogP contribution in [0.25, 0.3) is 0 Å². The van der Waals surface area contributed by atoms with Crippen LogP contribution in [0.15, 0.2) is 12.3 Å². The third-order valence-electron chi connectivity index (χ3n) is 1.91. The van der Waals surface area contributed by atoms with E-state index >= 15 is 0 Å². The van der Waals surface area contributed by atoms with E-state index in [2.05, 4.69) is 4.98 Å². The highest BCUT2D eigenvalue weighted by molar-refractivity contribution is 5.29. The lowest BCUT2D eigenvalue weighted by atomic mass is 10.1. The van der Waals surface area contributed by atoms with Crippen molar-refractivity contribution in [3.63, 3.8) is 0 Å². The van der Waals surface area contributed by atoms with Gasteiger partial charge in [0.05, 0.1) is 19.9 Å². The van der Waals surface area contributed by atoms with Gasteiger partial charge in [0.2, 0.25) is 5.88 Å². The van der Waals surface area contributed by atoms with Gasteiger partial charge in [0.25, 0.3) is 0 Å². The SMILES string of the molecule is COc1ncc(F)cc1C(O)C(O)CO. The summed E-state index contributed by atoms with van der Waals surface area (Å²) in [4.78, 5) is 3.58. The van der Waals surface area contributed by atoms with Crippen molar-refractivity contribution in [2.75, 3.05) is 13.7 Å². The van der Waals surface area contributed by atoms with Crippen LogP contribution in [0.3, 0.4) is 0 Å². The Kier molecular flexibility index (Phi) is 3.96. The summed E-state index contributed by atoms with van der Waals surface area (Å²) in [7, 11) is 1.31. The fraction of sp³-hybridized carbons (Fsp3) is 0.444. The third-order valence-corrected chi connectivity index (χ3v) is 1.91. The first-order chi connectivity index (χ1) is 7.10. The van der Waals surface area contributed by atoms with Crippen LogP contribution < -0.4 is 4.74 Å². The quantitative estimate of drug-likeness (QED) is 0.640. The van der Waals surface area contributed by atoms with Crippen molar-refractivity contribution in [2.45, 2.75) is 12.2 Å². The maximum Gasteiger partial charge on any atom is 0.219 e. The van der Waals surface area contributed by atoms with Gasteiger partial charge in [0.15, 0.2) is 0 Å². The maximum absolute atomic E-state index is 12.8. The van der Waals surface area contributed by atoms with Crippen LogP contribution in [0.5, 0.6) is 5.88 Å². The minimum absolute atomic E-state index is 0.000880. The Balaban J connectivity index is 3.05. The smallest absolute Gasteiger partial charge is 0.219 e. The molecule has 0 spiro atoms. The highest BCUT2D eigenvalue weighted by Crippen LogP contribution is 2.25. The first-order valence-electron chi connectivity index (χ1n) is 4.26. The average Bonchev–Trinajstić information content (AvgIpc) is 2.27. The fourth-order valence-corrected chi connectivity index (χ4v) is 1.13. The molecule has 5 nitrogen and oxygen atoms in total. The summed E-state index contributed by atoms with van der Waals surface area (Å²) in [5, 5.41) is 27.3. The number of nitrogens with zero attached hydrogens (tertiary/aromatic N) is 1. The molecule has 0 aromatic carbocycles. The van der Waals surface area contributed by atoms with E-state index in [1.165, 1.54) is 7.11 Å². The summed E-state index contributed by atoms with van der Waals surface area (Å²) in [6, 6.07) is 0.995. The van der Waals surface area contributed by atoms with Crippen molar-refractivity contribution >= 4 is 0 Å². The van der Waals surface area contributed by atoms with Crippen LogP contribution in [0, 0.1) is 5.82 Å². The van der Waals surface area contributed by atoms with Crippen LogP contribution >= 0.6 is 0 Å². The minimum Gasteiger partial charge on any atom is -0.481 e. The largest absolute Gasteiger partial charge is 0.481 e. The Morgan fingerprint density at radius 1 is 1.53 bits per heavy atom. The molecule has 1 aromatic heterocycles. The second-order valence-corrected chi connectivity index (χ2v) is 2.95. The molecule has 0 amide bonds. The molecule has 0 saturated carbocycles. The summed E-state index contributed by atoms with van der Waals surface area (Å²) in [5.74, 6) is -0.647. The molecule has 0 fully saturated rings. The summed E-state index contributed by atoms with van der Waals surface area (Å²) >= 11 is 0. The molecule has 0 saturated heterocycles. The number of methoxy groups -OCH3 is 1. The fourth-order valence-electron chi connectivity index (χ4n) is 1.13. The lowest BCUT2D eigenvalue weighted by molar-refractivity contribution is -0.0166. The monoisotopic (exact) mass is 217 g/mol. The van der Waals surface area contributed by atoms with E-state index in [4.69, 9.17) is 9.84 Å². The summed E-state index contributed by atoms with van der Waals surface area (Å²) in [5.41, 5.74) is -0.000880. The highest BCUT2D eigenvalue weighted by Gasteiger charge is 2.22. The van der Waals surface area contributed by atoms with Gasteiger partial charge >= 0.3 is 0 Å². The first-order valence-corrected chi connectivity index (χ1v) is 4.26. The Morgan fingerprint density at radius 3 is 2.73 bits per heavy atom. The molecule has 2 atom stereocenters. The molecular weight excluding hydrogens is 205 g/mol. The van der Waals surface area contributed by atoms with Gasteiger partial charge in [-0.05, 0) is 6.07 Å².